The quantitative estimate of drug-likeness (QED) is 0.472. The van der Waals surface area contributed by atoms with Crippen molar-refractivity contribution in [2.24, 2.45) is 0 Å². The molecule has 0 unspecified atom stereocenters. The van der Waals surface area contributed by atoms with E-state index in [1.807, 2.05) is 11.9 Å². The molecule has 2 N–H and O–H groups in total. The molecule has 0 amide bonds. The van der Waals surface area contributed by atoms with Crippen molar-refractivity contribution in [3.05, 3.63) is 23.8 Å². The fourth-order valence-corrected chi connectivity index (χ4v) is 1.82. The van der Waals surface area contributed by atoms with Gasteiger partial charge in [-0.05, 0) is 18.6 Å². The van der Waals surface area contributed by atoms with E-state index in [-0.39, 0.29) is 5.97 Å². The number of rotatable bonds is 6. The van der Waals surface area contributed by atoms with Crippen LogP contribution in [0, 0.1) is 0 Å². The van der Waals surface area contributed by atoms with Crippen molar-refractivity contribution in [3.63, 3.8) is 0 Å². The third-order valence-corrected chi connectivity index (χ3v) is 2.70. The van der Waals surface area contributed by atoms with Crippen LogP contribution in [0.2, 0.25) is 0 Å². The molecule has 18 heavy (non-hydrogen) atoms. The summed E-state index contributed by atoms with van der Waals surface area (Å²) < 4.78 is 9.77. The van der Waals surface area contributed by atoms with E-state index in [0.717, 1.165) is 13.0 Å². The van der Waals surface area contributed by atoms with Gasteiger partial charge in [0.05, 0.1) is 24.0 Å². The van der Waals surface area contributed by atoms with Crippen molar-refractivity contribution in [1.82, 2.24) is 0 Å². The molecule has 100 valence electrons. The summed E-state index contributed by atoms with van der Waals surface area (Å²) in [4.78, 5) is 13.6. The van der Waals surface area contributed by atoms with E-state index >= 15 is 0 Å². The SMILES string of the molecule is COCCCN(C)c1c(N)cccc1C(=O)OC. The first-order valence-corrected chi connectivity index (χ1v) is 5.78. The minimum absolute atomic E-state index is 0.379. The van der Waals surface area contributed by atoms with Gasteiger partial charge in [-0.25, -0.2) is 4.79 Å². The molecule has 5 heteroatoms. The van der Waals surface area contributed by atoms with E-state index in [4.69, 9.17) is 15.2 Å². The number of para-hydroxylation sites is 1. The van der Waals surface area contributed by atoms with Crippen molar-refractivity contribution >= 4 is 17.3 Å². The van der Waals surface area contributed by atoms with E-state index in [2.05, 4.69) is 0 Å². The molecule has 5 nitrogen and oxygen atoms in total. The molecule has 0 spiro atoms. The van der Waals surface area contributed by atoms with Crippen LogP contribution in [0.3, 0.4) is 0 Å². The lowest BCUT2D eigenvalue weighted by Gasteiger charge is -2.23. The van der Waals surface area contributed by atoms with E-state index in [1.54, 1.807) is 25.3 Å². The van der Waals surface area contributed by atoms with Gasteiger partial charge in [-0.15, -0.1) is 0 Å². The number of carbonyl (C=O) groups is 1. The summed E-state index contributed by atoms with van der Waals surface area (Å²) in [6, 6.07) is 5.23. The first kappa shape index (κ1) is 14.3. The number of nitrogen functional groups attached to an aromatic ring is 1. The molecule has 0 aliphatic heterocycles. The summed E-state index contributed by atoms with van der Waals surface area (Å²) in [5, 5.41) is 0. The summed E-state index contributed by atoms with van der Waals surface area (Å²) in [6.07, 6.45) is 0.863. The minimum atomic E-state index is -0.379. The second-order valence-corrected chi connectivity index (χ2v) is 4.00. The van der Waals surface area contributed by atoms with Gasteiger partial charge in [0.2, 0.25) is 0 Å². The Bertz CT molecular complexity index is 407. The molecule has 0 heterocycles. The molecule has 0 aliphatic rings. The molecular formula is C13H20N2O3. The molecule has 0 saturated heterocycles. The highest BCUT2D eigenvalue weighted by Gasteiger charge is 2.17. The number of hydrogen-bond acceptors (Lipinski definition) is 5. The molecule has 0 fully saturated rings. The molecule has 0 aliphatic carbocycles. The summed E-state index contributed by atoms with van der Waals surface area (Å²) in [5.74, 6) is -0.379. The zero-order valence-electron chi connectivity index (χ0n) is 11.1. The number of esters is 1. The van der Waals surface area contributed by atoms with E-state index in [0.29, 0.717) is 23.5 Å². The normalized spacial score (nSPS) is 10.2. The van der Waals surface area contributed by atoms with Gasteiger partial charge in [0.25, 0.3) is 0 Å². The van der Waals surface area contributed by atoms with Crippen LogP contribution in [-0.2, 0) is 9.47 Å². The molecule has 0 atom stereocenters. The van der Waals surface area contributed by atoms with E-state index in [9.17, 15) is 4.79 Å². The molecule has 0 saturated carbocycles. The van der Waals surface area contributed by atoms with Gasteiger partial charge < -0.3 is 20.1 Å². The molecule has 0 bridgehead atoms. The van der Waals surface area contributed by atoms with Crippen LogP contribution in [0.5, 0.6) is 0 Å². The topological polar surface area (TPSA) is 64.8 Å². The van der Waals surface area contributed by atoms with Crippen molar-refractivity contribution in [2.75, 3.05) is 45.1 Å². The van der Waals surface area contributed by atoms with Crippen LogP contribution in [0.4, 0.5) is 11.4 Å². The number of benzene rings is 1. The Morgan fingerprint density at radius 2 is 2.11 bits per heavy atom. The van der Waals surface area contributed by atoms with Gasteiger partial charge in [0.15, 0.2) is 0 Å². The Hall–Kier alpha value is -1.75. The van der Waals surface area contributed by atoms with E-state index < -0.39 is 0 Å². The zero-order chi connectivity index (χ0) is 13.5. The maximum Gasteiger partial charge on any atom is 0.340 e. The average Bonchev–Trinajstić information content (AvgIpc) is 2.37. The zero-order valence-corrected chi connectivity index (χ0v) is 11.1. The van der Waals surface area contributed by atoms with Gasteiger partial charge in [-0.2, -0.15) is 0 Å². The first-order chi connectivity index (χ1) is 8.61. The Kier molecular flexibility index (Phi) is 5.45. The maximum atomic E-state index is 11.7. The van der Waals surface area contributed by atoms with Crippen LogP contribution < -0.4 is 10.6 Å². The Labute approximate surface area is 107 Å². The molecule has 1 rings (SSSR count). The summed E-state index contributed by atoms with van der Waals surface area (Å²) >= 11 is 0. The third-order valence-electron chi connectivity index (χ3n) is 2.70. The number of nitrogens with zero attached hydrogens (tertiary/aromatic N) is 1. The lowest BCUT2D eigenvalue weighted by atomic mass is 10.1. The Balaban J connectivity index is 2.94. The second-order valence-electron chi connectivity index (χ2n) is 4.00. The van der Waals surface area contributed by atoms with Crippen LogP contribution >= 0.6 is 0 Å². The Morgan fingerprint density at radius 1 is 1.39 bits per heavy atom. The molecule has 1 aromatic rings. The molecular weight excluding hydrogens is 232 g/mol. The fourth-order valence-electron chi connectivity index (χ4n) is 1.82. The largest absolute Gasteiger partial charge is 0.465 e. The summed E-state index contributed by atoms with van der Waals surface area (Å²) in [5.41, 5.74) is 7.70. The van der Waals surface area contributed by atoms with Crippen LogP contribution in [0.15, 0.2) is 18.2 Å². The number of ether oxygens (including phenoxy) is 2. The van der Waals surface area contributed by atoms with Crippen LogP contribution in [0.1, 0.15) is 16.8 Å². The molecule has 1 aromatic carbocycles. The maximum absolute atomic E-state index is 11.7. The first-order valence-electron chi connectivity index (χ1n) is 5.78. The fraction of sp³-hybridized carbons (Fsp3) is 0.462. The Morgan fingerprint density at radius 3 is 2.72 bits per heavy atom. The van der Waals surface area contributed by atoms with Crippen LogP contribution in [-0.4, -0.2) is 40.4 Å². The van der Waals surface area contributed by atoms with E-state index in [1.165, 1.54) is 7.11 Å². The highest BCUT2D eigenvalue weighted by Crippen LogP contribution is 2.27. The predicted molar refractivity (Wildman–Crippen MR) is 72.0 cm³/mol. The monoisotopic (exact) mass is 252 g/mol. The number of carbonyl (C=O) groups excluding carboxylic acids is 1. The average molecular weight is 252 g/mol. The summed E-state index contributed by atoms with van der Waals surface area (Å²) in [7, 11) is 4.92. The number of nitrogens with two attached hydrogens (primary N) is 1. The minimum Gasteiger partial charge on any atom is -0.465 e. The lowest BCUT2D eigenvalue weighted by molar-refractivity contribution is 0.0601. The number of methoxy groups -OCH3 is 2. The second kappa shape index (κ2) is 6.86. The highest BCUT2D eigenvalue weighted by atomic mass is 16.5. The van der Waals surface area contributed by atoms with Gasteiger partial charge in [0.1, 0.15) is 0 Å². The van der Waals surface area contributed by atoms with Crippen molar-refractivity contribution in [2.45, 2.75) is 6.42 Å². The van der Waals surface area contributed by atoms with Crippen molar-refractivity contribution in [3.8, 4) is 0 Å². The smallest absolute Gasteiger partial charge is 0.340 e. The highest BCUT2D eigenvalue weighted by molar-refractivity contribution is 5.99. The van der Waals surface area contributed by atoms with Crippen LogP contribution in [0.25, 0.3) is 0 Å². The standard InChI is InChI=1S/C13H20N2O3/c1-15(8-5-9-17-2)12-10(13(16)18-3)6-4-7-11(12)14/h4,6-7H,5,8-9,14H2,1-3H3. The lowest BCUT2D eigenvalue weighted by Crippen LogP contribution is -2.23. The van der Waals surface area contributed by atoms with Crippen molar-refractivity contribution in [1.29, 1.82) is 0 Å². The van der Waals surface area contributed by atoms with Gasteiger partial charge >= 0.3 is 5.97 Å². The number of anilines is 2. The van der Waals surface area contributed by atoms with Crippen molar-refractivity contribution < 1.29 is 14.3 Å². The van der Waals surface area contributed by atoms with Gasteiger partial charge in [0, 0.05) is 27.3 Å². The van der Waals surface area contributed by atoms with Gasteiger partial charge in [-0.3, -0.25) is 0 Å². The number of hydrogen-bond donors (Lipinski definition) is 1. The molecule has 0 radical (unpaired) electrons. The molecule has 0 aromatic heterocycles. The van der Waals surface area contributed by atoms with Gasteiger partial charge in [-0.1, -0.05) is 6.07 Å². The third kappa shape index (κ3) is 3.37. The summed E-state index contributed by atoms with van der Waals surface area (Å²) in [6.45, 7) is 1.43. The predicted octanol–water partition coefficient (Wildman–Crippen LogP) is 1.53.